The number of hydrogen-bond donors (Lipinski definition) is 6. The van der Waals surface area contributed by atoms with E-state index in [9.17, 15) is 44.6 Å². The predicted molar refractivity (Wildman–Crippen MR) is 221 cm³/mol. The zero-order chi connectivity index (χ0) is 42.2. The Morgan fingerprint density at radius 1 is 0.526 bits per heavy atom. The molecule has 0 aliphatic heterocycles. The molecule has 1 aliphatic rings. The van der Waals surface area contributed by atoms with E-state index in [2.05, 4.69) is 26.0 Å². The third kappa shape index (κ3) is 27.1. The summed E-state index contributed by atoms with van der Waals surface area (Å²) in [4.78, 5) is 35.6. The van der Waals surface area contributed by atoms with E-state index < -0.39 is 75.7 Å². The summed E-state index contributed by atoms with van der Waals surface area (Å²) in [5.74, 6) is -1.10. The molecule has 0 aromatic rings. The molecule has 1 rings (SSSR count). The first kappa shape index (κ1) is 53.6. The van der Waals surface area contributed by atoms with Crippen LogP contribution in [0.15, 0.2) is 12.2 Å². The molecule has 14 heteroatoms. The minimum atomic E-state index is -5.11. The number of carbonyl (C=O) groups is 2. The van der Waals surface area contributed by atoms with E-state index in [-0.39, 0.29) is 12.8 Å². The van der Waals surface area contributed by atoms with Crippen LogP contribution in [0.25, 0.3) is 0 Å². The van der Waals surface area contributed by atoms with E-state index in [0.29, 0.717) is 12.8 Å². The van der Waals surface area contributed by atoms with Crippen molar-refractivity contribution in [1.82, 2.24) is 0 Å². The number of phosphoric acid groups is 1. The Labute approximate surface area is 343 Å². The number of phosphoric ester groups is 1. The normalized spacial score (nSPS) is 22.7. The largest absolute Gasteiger partial charge is 0.472 e. The topological polar surface area (TPSA) is 210 Å². The van der Waals surface area contributed by atoms with Crippen LogP contribution in [0.5, 0.6) is 0 Å². The molecule has 336 valence electrons. The summed E-state index contributed by atoms with van der Waals surface area (Å²) in [7, 11) is -5.11. The highest BCUT2D eigenvalue weighted by Crippen LogP contribution is 2.47. The Morgan fingerprint density at radius 2 is 0.895 bits per heavy atom. The highest BCUT2D eigenvalue weighted by Gasteiger charge is 2.51. The van der Waals surface area contributed by atoms with Gasteiger partial charge in [-0.15, -0.1) is 0 Å². The van der Waals surface area contributed by atoms with Gasteiger partial charge >= 0.3 is 19.8 Å². The van der Waals surface area contributed by atoms with Crippen LogP contribution in [-0.2, 0) is 32.7 Å². The summed E-state index contributed by atoms with van der Waals surface area (Å²) >= 11 is 0. The lowest BCUT2D eigenvalue weighted by Gasteiger charge is -2.41. The van der Waals surface area contributed by atoms with Crippen molar-refractivity contribution in [2.75, 3.05) is 13.2 Å². The second-order valence-corrected chi connectivity index (χ2v) is 17.3. The highest BCUT2D eigenvalue weighted by atomic mass is 31.2. The molecule has 57 heavy (non-hydrogen) atoms. The van der Waals surface area contributed by atoms with Crippen LogP contribution in [0.2, 0.25) is 0 Å². The van der Waals surface area contributed by atoms with Crippen LogP contribution in [0.3, 0.4) is 0 Å². The highest BCUT2D eigenvalue weighted by molar-refractivity contribution is 7.47. The maximum atomic E-state index is 12.8. The predicted octanol–water partition coefficient (Wildman–Crippen LogP) is 8.28. The maximum absolute atomic E-state index is 12.8. The van der Waals surface area contributed by atoms with Crippen LogP contribution < -0.4 is 0 Å². The van der Waals surface area contributed by atoms with Gasteiger partial charge in [0.1, 0.15) is 43.2 Å². The molecule has 0 aromatic heterocycles. The van der Waals surface area contributed by atoms with Gasteiger partial charge in [0.05, 0.1) is 6.61 Å². The molecule has 1 fully saturated rings. The van der Waals surface area contributed by atoms with Crippen molar-refractivity contribution in [3.8, 4) is 0 Å². The van der Waals surface area contributed by atoms with E-state index in [1.807, 2.05) is 0 Å². The van der Waals surface area contributed by atoms with Gasteiger partial charge in [-0.3, -0.25) is 18.6 Å². The van der Waals surface area contributed by atoms with E-state index in [1.54, 1.807) is 0 Å². The number of esters is 2. The minimum Gasteiger partial charge on any atom is -0.462 e. The Kier molecular flexibility index (Phi) is 32.3. The summed E-state index contributed by atoms with van der Waals surface area (Å²) in [6, 6.07) is 0. The summed E-state index contributed by atoms with van der Waals surface area (Å²) in [5, 5.41) is 50.1. The lowest BCUT2D eigenvalue weighted by molar-refractivity contribution is -0.220. The lowest BCUT2D eigenvalue weighted by atomic mass is 9.85. The molecule has 0 aromatic carbocycles. The molecule has 0 amide bonds. The van der Waals surface area contributed by atoms with Gasteiger partial charge in [-0.1, -0.05) is 154 Å². The summed E-state index contributed by atoms with van der Waals surface area (Å²) in [6.07, 6.45) is 21.3. The first-order chi connectivity index (χ1) is 27.4. The fourth-order valence-corrected chi connectivity index (χ4v) is 7.90. The molecule has 1 saturated carbocycles. The zero-order valence-electron chi connectivity index (χ0n) is 35.4. The molecule has 13 nitrogen and oxygen atoms in total. The quantitative estimate of drug-likeness (QED) is 0.0151. The van der Waals surface area contributed by atoms with E-state index >= 15 is 0 Å². The molecule has 6 atom stereocenters. The fraction of sp³-hybridized carbons (Fsp3) is 0.907. The third-order valence-corrected chi connectivity index (χ3v) is 11.6. The molecular formula is C43H81O13P. The van der Waals surface area contributed by atoms with Crippen molar-refractivity contribution < 1.29 is 63.1 Å². The Bertz CT molecular complexity index is 1060. The molecule has 0 saturated heterocycles. The SMILES string of the molecule is CCCCCC/C=C\CCCCCCCC(=O)OC(COC(=O)CCCCCCCCCCCCCCCCC)COP(=O)(O)OC1C(O)C(O)C(O)C(O)C1O. The number of allylic oxidation sites excluding steroid dienone is 2. The molecule has 0 spiro atoms. The van der Waals surface area contributed by atoms with Crippen LogP contribution in [0.1, 0.15) is 194 Å². The fourth-order valence-electron chi connectivity index (χ4n) is 6.93. The second kappa shape index (κ2) is 34.3. The molecule has 0 bridgehead atoms. The number of ether oxygens (including phenoxy) is 2. The number of aliphatic hydroxyl groups excluding tert-OH is 5. The number of unbranched alkanes of at least 4 members (excludes halogenated alkanes) is 23. The summed E-state index contributed by atoms with van der Waals surface area (Å²) in [6.45, 7) is 3.28. The number of carbonyl (C=O) groups excluding carboxylic acids is 2. The van der Waals surface area contributed by atoms with Gasteiger partial charge in [0.15, 0.2) is 6.10 Å². The van der Waals surface area contributed by atoms with Crippen LogP contribution in [0.4, 0.5) is 0 Å². The molecular weight excluding hydrogens is 755 g/mol. The van der Waals surface area contributed by atoms with Gasteiger partial charge < -0.3 is 39.9 Å². The van der Waals surface area contributed by atoms with Crippen LogP contribution >= 0.6 is 7.82 Å². The number of rotatable bonds is 37. The summed E-state index contributed by atoms with van der Waals surface area (Å²) in [5.41, 5.74) is 0. The smallest absolute Gasteiger partial charge is 0.462 e. The zero-order valence-corrected chi connectivity index (χ0v) is 36.3. The van der Waals surface area contributed by atoms with Gasteiger partial charge in [-0.05, 0) is 38.5 Å². The van der Waals surface area contributed by atoms with Crippen molar-refractivity contribution in [1.29, 1.82) is 0 Å². The Morgan fingerprint density at radius 3 is 1.35 bits per heavy atom. The number of aliphatic hydroxyl groups is 5. The van der Waals surface area contributed by atoms with E-state index in [0.717, 1.165) is 57.8 Å². The monoisotopic (exact) mass is 837 g/mol. The van der Waals surface area contributed by atoms with Gasteiger partial charge in [0, 0.05) is 12.8 Å². The van der Waals surface area contributed by atoms with E-state index in [4.69, 9.17) is 18.5 Å². The average molecular weight is 837 g/mol. The third-order valence-electron chi connectivity index (χ3n) is 10.6. The van der Waals surface area contributed by atoms with Gasteiger partial charge in [-0.25, -0.2) is 4.57 Å². The van der Waals surface area contributed by atoms with Crippen molar-refractivity contribution in [3.63, 3.8) is 0 Å². The van der Waals surface area contributed by atoms with Gasteiger partial charge in [0.2, 0.25) is 0 Å². The maximum Gasteiger partial charge on any atom is 0.472 e. The minimum absolute atomic E-state index is 0.0904. The molecule has 6 unspecified atom stereocenters. The number of hydrogen-bond acceptors (Lipinski definition) is 12. The van der Waals surface area contributed by atoms with Crippen LogP contribution in [-0.4, -0.2) is 98.3 Å². The summed E-state index contributed by atoms with van der Waals surface area (Å²) < 4.78 is 33.5. The van der Waals surface area contributed by atoms with Crippen molar-refractivity contribution in [2.24, 2.45) is 0 Å². The Balaban J connectivity index is 2.47. The second-order valence-electron chi connectivity index (χ2n) is 15.9. The van der Waals surface area contributed by atoms with Crippen molar-refractivity contribution >= 4 is 19.8 Å². The first-order valence-corrected chi connectivity index (χ1v) is 24.0. The van der Waals surface area contributed by atoms with Crippen LogP contribution in [0, 0.1) is 0 Å². The average Bonchev–Trinajstić information content (AvgIpc) is 3.19. The van der Waals surface area contributed by atoms with E-state index in [1.165, 1.54) is 96.3 Å². The molecule has 1 aliphatic carbocycles. The molecule has 0 heterocycles. The van der Waals surface area contributed by atoms with Crippen molar-refractivity contribution in [2.45, 2.75) is 236 Å². The molecule has 0 radical (unpaired) electrons. The first-order valence-electron chi connectivity index (χ1n) is 22.5. The molecule has 6 N–H and O–H groups in total. The van der Waals surface area contributed by atoms with Gasteiger partial charge in [-0.2, -0.15) is 0 Å². The standard InChI is InChI=1S/C43H81O13P/c1-3-5-7-9-11-13-15-17-18-20-21-23-25-27-29-31-36(44)53-33-35(34-54-57(51,52)56-43-41(49)39(47)38(46)40(48)42(43)50)55-37(45)32-30-28-26-24-22-19-16-14-12-10-8-6-4-2/h14,16,35,38-43,46-50H,3-13,15,17-34H2,1-2H3,(H,51,52)/b16-14-. The lowest BCUT2D eigenvalue weighted by Crippen LogP contribution is -2.64. The van der Waals surface area contributed by atoms with Gasteiger partial charge in [0.25, 0.3) is 0 Å². The Hall–Kier alpha value is -1.41. The van der Waals surface area contributed by atoms with Crippen molar-refractivity contribution in [3.05, 3.63) is 12.2 Å².